The molecule has 3 heterocycles. The van der Waals surface area contributed by atoms with E-state index in [4.69, 9.17) is 4.74 Å². The number of hydrogen-bond donors (Lipinski definition) is 0. The van der Waals surface area contributed by atoms with E-state index < -0.39 is 10.0 Å². The molecule has 0 unspecified atom stereocenters. The number of sulfonamides is 1. The molecule has 3 rings (SSSR count). The molecule has 1 aromatic rings. The van der Waals surface area contributed by atoms with Crippen LogP contribution in [0.5, 0.6) is 5.88 Å². The molecule has 22 heavy (non-hydrogen) atoms. The van der Waals surface area contributed by atoms with Crippen LogP contribution >= 0.6 is 0 Å². The van der Waals surface area contributed by atoms with E-state index in [0.29, 0.717) is 57.3 Å². The van der Waals surface area contributed by atoms with Crippen molar-refractivity contribution in [3.8, 4) is 5.88 Å². The smallest absolute Gasteiger partial charge is 0.274 e. The van der Waals surface area contributed by atoms with Gasteiger partial charge < -0.3 is 9.64 Å². The molecular weight excluding hydrogens is 308 g/mol. The van der Waals surface area contributed by atoms with Crippen molar-refractivity contribution >= 4 is 15.9 Å². The number of hydrogen-bond acceptors (Lipinski definition) is 5. The van der Waals surface area contributed by atoms with Gasteiger partial charge in [-0.25, -0.2) is 13.1 Å². The summed E-state index contributed by atoms with van der Waals surface area (Å²) in [6, 6.07) is 1.65. The minimum atomic E-state index is -3.19. The maximum Gasteiger partial charge on any atom is 0.274 e. The number of piperazine rings is 1. The number of fused-ring (bicyclic) bond motifs is 1. The van der Waals surface area contributed by atoms with E-state index in [-0.39, 0.29) is 11.7 Å². The largest absolute Gasteiger partial charge is 0.476 e. The zero-order valence-corrected chi connectivity index (χ0v) is 13.4. The van der Waals surface area contributed by atoms with Gasteiger partial charge >= 0.3 is 0 Å². The molecule has 0 aromatic carbocycles. The molecular formula is C13H20N4O4S. The minimum absolute atomic E-state index is 0.159. The van der Waals surface area contributed by atoms with E-state index in [1.165, 1.54) is 4.31 Å². The van der Waals surface area contributed by atoms with Gasteiger partial charge in [0.1, 0.15) is 6.61 Å². The summed E-state index contributed by atoms with van der Waals surface area (Å²) in [7, 11) is -3.19. The fourth-order valence-electron chi connectivity index (χ4n) is 2.74. The van der Waals surface area contributed by atoms with Gasteiger partial charge in [-0.2, -0.15) is 9.40 Å². The first kappa shape index (κ1) is 15.3. The molecule has 8 nitrogen and oxygen atoms in total. The van der Waals surface area contributed by atoms with Gasteiger partial charge in [0.15, 0.2) is 5.69 Å². The highest BCUT2D eigenvalue weighted by Crippen LogP contribution is 2.20. The number of amides is 1. The van der Waals surface area contributed by atoms with Crippen molar-refractivity contribution < 1.29 is 17.9 Å². The van der Waals surface area contributed by atoms with E-state index in [2.05, 4.69) is 5.10 Å². The van der Waals surface area contributed by atoms with Gasteiger partial charge in [0.05, 0.1) is 12.3 Å². The van der Waals surface area contributed by atoms with Crippen LogP contribution < -0.4 is 4.74 Å². The molecule has 2 aliphatic heterocycles. The molecule has 122 valence electrons. The summed E-state index contributed by atoms with van der Waals surface area (Å²) < 4.78 is 32.5. The Morgan fingerprint density at radius 3 is 2.64 bits per heavy atom. The van der Waals surface area contributed by atoms with Gasteiger partial charge in [0, 0.05) is 32.2 Å². The second-order valence-electron chi connectivity index (χ2n) is 5.45. The van der Waals surface area contributed by atoms with E-state index >= 15 is 0 Å². The van der Waals surface area contributed by atoms with Gasteiger partial charge in [-0.15, -0.1) is 0 Å². The van der Waals surface area contributed by atoms with Crippen molar-refractivity contribution in [1.82, 2.24) is 19.0 Å². The van der Waals surface area contributed by atoms with Crippen LogP contribution in [0.1, 0.15) is 23.8 Å². The Kier molecular flexibility index (Phi) is 4.09. The molecule has 1 fully saturated rings. The molecule has 0 saturated carbocycles. The molecule has 1 aromatic heterocycles. The molecule has 0 spiro atoms. The maximum atomic E-state index is 12.4. The minimum Gasteiger partial charge on any atom is -0.476 e. The van der Waals surface area contributed by atoms with Crippen LogP contribution in [0, 0.1) is 0 Å². The SMILES string of the molecule is CCCS(=O)(=O)N1CCN(C(=O)c2cc3n(n2)CCO3)CC1. The first-order valence-corrected chi connectivity index (χ1v) is 9.10. The van der Waals surface area contributed by atoms with Crippen LogP contribution in [0.4, 0.5) is 0 Å². The number of nitrogens with zero attached hydrogens (tertiary/aromatic N) is 4. The lowest BCUT2D eigenvalue weighted by Gasteiger charge is -2.33. The molecule has 1 saturated heterocycles. The Morgan fingerprint density at radius 1 is 1.27 bits per heavy atom. The second kappa shape index (κ2) is 5.88. The standard InChI is InChI=1S/C13H20N4O4S/c1-2-9-22(19,20)16-5-3-15(4-6-16)13(18)11-10-12-17(14-11)7-8-21-12/h10H,2-9H2,1H3. The third-order valence-electron chi connectivity index (χ3n) is 3.90. The Bertz CT molecular complexity index is 640. The van der Waals surface area contributed by atoms with Crippen LogP contribution in [0.3, 0.4) is 0 Å². The summed E-state index contributed by atoms with van der Waals surface area (Å²) in [5, 5.41) is 4.23. The number of rotatable bonds is 4. The molecule has 0 radical (unpaired) electrons. The predicted molar refractivity (Wildman–Crippen MR) is 79.3 cm³/mol. The highest BCUT2D eigenvalue weighted by Gasteiger charge is 2.30. The molecule has 0 atom stereocenters. The first-order valence-electron chi connectivity index (χ1n) is 7.49. The summed E-state index contributed by atoms with van der Waals surface area (Å²) in [5.74, 6) is 0.608. The Hall–Kier alpha value is -1.61. The highest BCUT2D eigenvalue weighted by atomic mass is 32.2. The number of aromatic nitrogens is 2. The van der Waals surface area contributed by atoms with Gasteiger partial charge in [0.2, 0.25) is 15.9 Å². The van der Waals surface area contributed by atoms with Crippen molar-refractivity contribution in [2.75, 3.05) is 38.5 Å². The Labute approximate surface area is 129 Å². The van der Waals surface area contributed by atoms with Crippen LogP contribution in [-0.4, -0.2) is 71.8 Å². The van der Waals surface area contributed by atoms with E-state index in [9.17, 15) is 13.2 Å². The average Bonchev–Trinajstić information content (AvgIpc) is 3.08. The van der Waals surface area contributed by atoms with Crippen molar-refractivity contribution in [2.24, 2.45) is 0 Å². The van der Waals surface area contributed by atoms with E-state index in [1.807, 2.05) is 6.92 Å². The molecule has 2 aliphatic rings. The van der Waals surface area contributed by atoms with Crippen molar-refractivity contribution in [2.45, 2.75) is 19.9 Å². The van der Waals surface area contributed by atoms with Crippen LogP contribution in [0.15, 0.2) is 6.07 Å². The maximum absolute atomic E-state index is 12.4. The third-order valence-corrected chi connectivity index (χ3v) is 5.97. The van der Waals surface area contributed by atoms with E-state index in [1.54, 1.807) is 15.6 Å². The van der Waals surface area contributed by atoms with Gasteiger partial charge in [-0.05, 0) is 6.42 Å². The van der Waals surface area contributed by atoms with Crippen molar-refractivity contribution in [1.29, 1.82) is 0 Å². The third kappa shape index (κ3) is 2.82. The summed E-state index contributed by atoms with van der Waals surface area (Å²) >= 11 is 0. The van der Waals surface area contributed by atoms with Crippen LogP contribution in [-0.2, 0) is 16.6 Å². The lowest BCUT2D eigenvalue weighted by Crippen LogP contribution is -2.51. The molecule has 0 bridgehead atoms. The van der Waals surface area contributed by atoms with Crippen LogP contribution in [0.2, 0.25) is 0 Å². The average molecular weight is 328 g/mol. The van der Waals surface area contributed by atoms with Gasteiger partial charge in [-0.1, -0.05) is 6.92 Å². The number of carbonyl (C=O) groups is 1. The highest BCUT2D eigenvalue weighted by molar-refractivity contribution is 7.89. The Balaban J connectivity index is 1.62. The Morgan fingerprint density at radius 2 is 2.00 bits per heavy atom. The zero-order valence-electron chi connectivity index (χ0n) is 12.6. The number of ether oxygens (including phenoxy) is 1. The lowest BCUT2D eigenvalue weighted by molar-refractivity contribution is 0.0690. The van der Waals surface area contributed by atoms with Gasteiger partial charge in [-0.3, -0.25) is 4.79 Å². The monoisotopic (exact) mass is 328 g/mol. The fourth-order valence-corrected chi connectivity index (χ4v) is 4.23. The van der Waals surface area contributed by atoms with Crippen LogP contribution in [0.25, 0.3) is 0 Å². The quantitative estimate of drug-likeness (QED) is 0.762. The molecule has 9 heteroatoms. The van der Waals surface area contributed by atoms with E-state index in [0.717, 1.165) is 0 Å². The lowest BCUT2D eigenvalue weighted by atomic mass is 10.3. The fraction of sp³-hybridized carbons (Fsp3) is 0.692. The molecule has 0 N–H and O–H groups in total. The molecule has 1 amide bonds. The summed E-state index contributed by atoms with van der Waals surface area (Å²) in [5.41, 5.74) is 0.361. The van der Waals surface area contributed by atoms with Gasteiger partial charge in [0.25, 0.3) is 5.91 Å². The second-order valence-corrected chi connectivity index (χ2v) is 7.54. The van der Waals surface area contributed by atoms with Crippen molar-refractivity contribution in [3.63, 3.8) is 0 Å². The summed E-state index contributed by atoms with van der Waals surface area (Å²) in [6.07, 6.45) is 0.599. The first-order chi connectivity index (χ1) is 10.5. The number of carbonyl (C=O) groups excluding carboxylic acids is 1. The summed E-state index contributed by atoms with van der Waals surface area (Å²) in [4.78, 5) is 14.1. The zero-order chi connectivity index (χ0) is 15.7. The van der Waals surface area contributed by atoms with Crippen molar-refractivity contribution in [3.05, 3.63) is 11.8 Å². The predicted octanol–water partition coefficient (Wildman–Crippen LogP) is -0.227. The molecule has 0 aliphatic carbocycles. The normalized spacial score (nSPS) is 19.0. The summed E-state index contributed by atoms with van der Waals surface area (Å²) in [6.45, 7) is 4.57. The topological polar surface area (TPSA) is 84.7 Å².